The highest BCUT2D eigenvalue weighted by atomic mass is 32.2. The number of ether oxygens (including phenoxy) is 2. The number of hydrogen-bond donors (Lipinski definition) is 0. The standard InChI is InChI=1S/C15H30O4S2Si/c1-6-8-11-19-22(4,5)12-9-10-18-14(16)13(3)21-15(20)17-7-2/h13H,6-12H2,1-5H3. The van der Waals surface area contributed by atoms with Gasteiger partial charge in [0.1, 0.15) is 5.25 Å². The average molecular weight is 367 g/mol. The fourth-order valence-corrected chi connectivity index (χ4v) is 4.72. The maximum atomic E-state index is 11.8. The third-order valence-electron chi connectivity index (χ3n) is 3.03. The highest BCUT2D eigenvalue weighted by Crippen LogP contribution is 2.17. The van der Waals surface area contributed by atoms with Gasteiger partial charge in [-0.3, -0.25) is 4.79 Å². The van der Waals surface area contributed by atoms with Gasteiger partial charge in [-0.2, -0.15) is 0 Å². The van der Waals surface area contributed by atoms with Crippen molar-refractivity contribution in [3.63, 3.8) is 0 Å². The first kappa shape index (κ1) is 21.9. The van der Waals surface area contributed by atoms with Gasteiger partial charge in [0.2, 0.25) is 4.38 Å². The fourth-order valence-electron chi connectivity index (χ4n) is 1.70. The lowest BCUT2D eigenvalue weighted by Gasteiger charge is -2.22. The van der Waals surface area contributed by atoms with Gasteiger partial charge in [0.25, 0.3) is 0 Å². The van der Waals surface area contributed by atoms with E-state index >= 15 is 0 Å². The Balaban J connectivity index is 3.85. The molecule has 1 unspecified atom stereocenters. The molecule has 0 radical (unpaired) electrons. The Kier molecular flexibility index (Phi) is 12.3. The quantitative estimate of drug-likeness (QED) is 0.234. The Morgan fingerprint density at radius 1 is 1.18 bits per heavy atom. The van der Waals surface area contributed by atoms with Crippen LogP contribution < -0.4 is 0 Å². The zero-order chi connectivity index (χ0) is 17.0. The zero-order valence-corrected chi connectivity index (χ0v) is 17.1. The van der Waals surface area contributed by atoms with E-state index in [1.807, 2.05) is 6.92 Å². The van der Waals surface area contributed by atoms with E-state index in [4.69, 9.17) is 26.1 Å². The van der Waals surface area contributed by atoms with Gasteiger partial charge in [-0.05, 0) is 58.0 Å². The Morgan fingerprint density at radius 2 is 1.86 bits per heavy atom. The summed E-state index contributed by atoms with van der Waals surface area (Å²) >= 11 is 6.23. The summed E-state index contributed by atoms with van der Waals surface area (Å²) in [6.07, 6.45) is 3.12. The van der Waals surface area contributed by atoms with Crippen molar-refractivity contribution in [3.05, 3.63) is 0 Å². The molecule has 7 heteroatoms. The minimum Gasteiger partial charge on any atom is -0.479 e. The van der Waals surface area contributed by atoms with Crippen LogP contribution in [0, 0.1) is 0 Å². The molecule has 0 aliphatic carbocycles. The average Bonchev–Trinajstić information content (AvgIpc) is 2.43. The molecular formula is C15H30O4S2Si. The first-order chi connectivity index (χ1) is 10.3. The Hall–Kier alpha value is -0.113. The van der Waals surface area contributed by atoms with Crippen molar-refractivity contribution in [1.82, 2.24) is 0 Å². The monoisotopic (exact) mass is 366 g/mol. The second-order valence-electron chi connectivity index (χ2n) is 5.68. The van der Waals surface area contributed by atoms with E-state index in [9.17, 15) is 4.79 Å². The predicted molar refractivity (Wildman–Crippen MR) is 100 cm³/mol. The number of carbonyl (C=O) groups is 1. The summed E-state index contributed by atoms with van der Waals surface area (Å²) in [5.74, 6) is -0.238. The summed E-state index contributed by atoms with van der Waals surface area (Å²) in [5.41, 5.74) is 0. The van der Waals surface area contributed by atoms with Crippen molar-refractivity contribution in [2.75, 3.05) is 19.8 Å². The topological polar surface area (TPSA) is 44.8 Å². The van der Waals surface area contributed by atoms with Gasteiger partial charge in [0.15, 0.2) is 8.32 Å². The normalized spacial score (nSPS) is 12.8. The van der Waals surface area contributed by atoms with Crippen molar-refractivity contribution in [1.29, 1.82) is 0 Å². The Labute approximate surface area is 145 Å². The number of thioether (sulfide) groups is 1. The molecule has 0 N–H and O–H groups in total. The van der Waals surface area contributed by atoms with E-state index in [2.05, 4.69) is 20.0 Å². The lowest BCUT2D eigenvalue weighted by atomic mass is 10.4. The van der Waals surface area contributed by atoms with E-state index < -0.39 is 8.32 Å². The number of hydrogen-bond acceptors (Lipinski definition) is 6. The number of thiocarbonyl (C=S) groups is 1. The molecule has 1 atom stereocenters. The number of esters is 1. The van der Waals surface area contributed by atoms with Gasteiger partial charge < -0.3 is 13.9 Å². The molecule has 0 amide bonds. The maximum absolute atomic E-state index is 11.8. The summed E-state index contributed by atoms with van der Waals surface area (Å²) in [7, 11) is -1.61. The van der Waals surface area contributed by atoms with Crippen LogP contribution in [-0.4, -0.2) is 43.7 Å². The van der Waals surface area contributed by atoms with E-state index in [1.165, 1.54) is 11.8 Å². The Bertz CT molecular complexity index is 338. The van der Waals surface area contributed by atoms with Gasteiger partial charge in [-0.1, -0.05) is 25.1 Å². The molecule has 130 valence electrons. The molecule has 4 nitrogen and oxygen atoms in total. The molecule has 22 heavy (non-hydrogen) atoms. The van der Waals surface area contributed by atoms with Gasteiger partial charge in [-0.15, -0.1) is 0 Å². The van der Waals surface area contributed by atoms with Crippen molar-refractivity contribution < 1.29 is 18.7 Å². The number of rotatable bonds is 11. The smallest absolute Gasteiger partial charge is 0.319 e. The summed E-state index contributed by atoms with van der Waals surface area (Å²) in [6.45, 7) is 12.0. The first-order valence-electron chi connectivity index (χ1n) is 7.96. The number of unbranched alkanes of at least 4 members (excludes halogenated alkanes) is 1. The van der Waals surface area contributed by atoms with Crippen LogP contribution in [-0.2, 0) is 18.7 Å². The summed E-state index contributed by atoms with van der Waals surface area (Å²) < 4.78 is 16.8. The molecule has 0 fully saturated rings. The zero-order valence-electron chi connectivity index (χ0n) is 14.5. The van der Waals surface area contributed by atoms with E-state index in [0.29, 0.717) is 17.6 Å². The van der Waals surface area contributed by atoms with Crippen molar-refractivity contribution in [3.8, 4) is 0 Å². The van der Waals surface area contributed by atoms with Crippen LogP contribution >= 0.6 is 24.0 Å². The Morgan fingerprint density at radius 3 is 2.45 bits per heavy atom. The lowest BCUT2D eigenvalue weighted by Crippen LogP contribution is -2.31. The highest BCUT2D eigenvalue weighted by molar-refractivity contribution is 8.23. The van der Waals surface area contributed by atoms with Crippen molar-refractivity contribution in [2.24, 2.45) is 0 Å². The SMILES string of the molecule is CCCCO[Si](C)(C)CCCOC(=O)C(C)SC(=S)OCC. The molecule has 0 aliphatic rings. The predicted octanol–water partition coefficient (Wildman–Crippen LogP) is 4.38. The second-order valence-corrected chi connectivity index (χ2v) is 11.9. The minimum absolute atomic E-state index is 0.238. The number of carbonyl (C=O) groups excluding carboxylic acids is 1. The maximum Gasteiger partial charge on any atom is 0.319 e. The summed E-state index contributed by atoms with van der Waals surface area (Å²) in [6, 6.07) is 1.00. The lowest BCUT2D eigenvalue weighted by molar-refractivity contribution is -0.142. The van der Waals surface area contributed by atoms with Gasteiger partial charge >= 0.3 is 5.97 Å². The van der Waals surface area contributed by atoms with Crippen molar-refractivity contribution >= 4 is 42.6 Å². The van der Waals surface area contributed by atoms with Gasteiger partial charge in [-0.25, -0.2) is 0 Å². The third-order valence-corrected chi connectivity index (χ3v) is 6.83. The molecule has 0 aliphatic heterocycles. The highest BCUT2D eigenvalue weighted by Gasteiger charge is 2.22. The van der Waals surface area contributed by atoms with E-state index in [-0.39, 0.29) is 11.2 Å². The molecule has 0 saturated carbocycles. The summed E-state index contributed by atoms with van der Waals surface area (Å²) in [5, 5.41) is -0.329. The van der Waals surface area contributed by atoms with Crippen LogP contribution in [0.5, 0.6) is 0 Å². The molecule has 0 saturated heterocycles. The summed E-state index contributed by atoms with van der Waals surface area (Å²) in [4.78, 5) is 11.8. The fraction of sp³-hybridized carbons (Fsp3) is 0.867. The molecule has 0 spiro atoms. The largest absolute Gasteiger partial charge is 0.479 e. The van der Waals surface area contributed by atoms with Crippen LogP contribution in [0.3, 0.4) is 0 Å². The van der Waals surface area contributed by atoms with Crippen LogP contribution in [0.1, 0.15) is 40.0 Å². The first-order valence-corrected chi connectivity index (χ1v) is 12.4. The molecule has 0 rings (SSSR count). The third kappa shape index (κ3) is 11.5. The van der Waals surface area contributed by atoms with Crippen LogP contribution in [0.2, 0.25) is 19.1 Å². The van der Waals surface area contributed by atoms with Gasteiger partial charge in [0, 0.05) is 6.61 Å². The van der Waals surface area contributed by atoms with E-state index in [1.54, 1.807) is 6.92 Å². The van der Waals surface area contributed by atoms with Crippen LogP contribution in [0.15, 0.2) is 0 Å². The van der Waals surface area contributed by atoms with Crippen LogP contribution in [0.4, 0.5) is 0 Å². The molecule has 0 bridgehead atoms. The van der Waals surface area contributed by atoms with Gasteiger partial charge in [0.05, 0.1) is 13.2 Å². The molecule has 0 heterocycles. The molecule has 0 aromatic heterocycles. The van der Waals surface area contributed by atoms with Crippen molar-refractivity contribution in [2.45, 2.75) is 64.4 Å². The molecule has 0 aromatic carbocycles. The molecular weight excluding hydrogens is 336 g/mol. The van der Waals surface area contributed by atoms with E-state index in [0.717, 1.165) is 31.9 Å². The van der Waals surface area contributed by atoms with Crippen LogP contribution in [0.25, 0.3) is 0 Å². The minimum atomic E-state index is -1.61. The molecule has 0 aromatic rings. The second kappa shape index (κ2) is 12.3.